The number of ether oxygens (including phenoxy) is 1. The van der Waals surface area contributed by atoms with Crippen LogP contribution in [0.5, 0.6) is 0 Å². The van der Waals surface area contributed by atoms with Gasteiger partial charge in [-0.1, -0.05) is 0 Å². The van der Waals surface area contributed by atoms with E-state index in [2.05, 4.69) is 27.6 Å². The van der Waals surface area contributed by atoms with E-state index in [0.717, 1.165) is 22.0 Å². The Morgan fingerprint density at radius 1 is 1.45 bits per heavy atom. The van der Waals surface area contributed by atoms with Crippen LogP contribution >= 0.6 is 22.6 Å². The van der Waals surface area contributed by atoms with Gasteiger partial charge in [-0.2, -0.15) is 0 Å². The van der Waals surface area contributed by atoms with Crippen LogP contribution in [0.2, 0.25) is 0 Å². The number of esters is 1. The van der Waals surface area contributed by atoms with Crippen LogP contribution in [-0.4, -0.2) is 34.4 Å². The molecule has 0 aliphatic carbocycles. The lowest BCUT2D eigenvalue weighted by Gasteiger charge is -2.29. The fraction of sp³-hybridized carbons (Fsp3) is 0.500. The molecule has 1 saturated heterocycles. The lowest BCUT2D eigenvalue weighted by Crippen LogP contribution is -2.39. The molecule has 2 atom stereocenters. The minimum atomic E-state index is -0.312. The Hall–Kier alpha value is -1.18. The van der Waals surface area contributed by atoms with E-state index in [1.165, 1.54) is 6.92 Å². The normalized spacial score (nSPS) is 21.9. The van der Waals surface area contributed by atoms with Gasteiger partial charge in [0.1, 0.15) is 6.61 Å². The average Bonchev–Trinajstić information content (AvgIpc) is 2.80. The van der Waals surface area contributed by atoms with E-state index in [4.69, 9.17) is 4.74 Å². The highest BCUT2D eigenvalue weighted by Gasteiger charge is 2.37. The summed E-state index contributed by atoms with van der Waals surface area (Å²) in [4.78, 5) is 28.9. The minimum Gasteiger partial charge on any atom is -0.464 e. The number of carbonyl (C=O) groups excluding carboxylic acids is 2. The Balaban J connectivity index is 2.20. The zero-order chi connectivity index (χ0) is 14.7. The van der Waals surface area contributed by atoms with Crippen molar-refractivity contribution in [2.45, 2.75) is 38.8 Å². The molecule has 1 aliphatic rings. The lowest BCUT2D eigenvalue weighted by molar-refractivity contribution is -0.145. The van der Waals surface area contributed by atoms with Crippen molar-refractivity contribution in [3.63, 3.8) is 0 Å². The smallest absolute Gasteiger partial charge is 0.302 e. The van der Waals surface area contributed by atoms with Gasteiger partial charge in [0.05, 0.1) is 12.1 Å². The highest BCUT2D eigenvalue weighted by Crippen LogP contribution is 2.37. The predicted octanol–water partition coefficient (Wildman–Crippen LogP) is 2.30. The highest BCUT2D eigenvalue weighted by atomic mass is 127. The number of hydrogen-bond donors (Lipinski definition) is 0. The number of likely N-dealkylation sites (tertiary alicyclic amines) is 1. The van der Waals surface area contributed by atoms with Gasteiger partial charge in [0.25, 0.3) is 0 Å². The number of carbonyl (C=O) groups is 2. The van der Waals surface area contributed by atoms with Crippen molar-refractivity contribution in [3.8, 4) is 0 Å². The number of hydrogen-bond acceptors (Lipinski definition) is 4. The molecule has 1 amide bonds. The molecule has 0 saturated carbocycles. The van der Waals surface area contributed by atoms with Crippen molar-refractivity contribution >= 4 is 34.5 Å². The van der Waals surface area contributed by atoms with Crippen LogP contribution in [0.25, 0.3) is 0 Å². The van der Waals surface area contributed by atoms with E-state index in [-0.39, 0.29) is 30.6 Å². The number of nitrogens with zero attached hydrogens (tertiary/aromatic N) is 2. The predicted molar refractivity (Wildman–Crippen MR) is 81.9 cm³/mol. The zero-order valence-electron chi connectivity index (χ0n) is 11.5. The third-order valence-corrected chi connectivity index (χ3v) is 4.48. The summed E-state index contributed by atoms with van der Waals surface area (Å²) >= 11 is 2.26. The third kappa shape index (κ3) is 3.28. The number of aromatic nitrogens is 1. The van der Waals surface area contributed by atoms with Crippen molar-refractivity contribution in [2.24, 2.45) is 0 Å². The number of pyridine rings is 1. The van der Waals surface area contributed by atoms with Crippen LogP contribution in [0.15, 0.2) is 18.5 Å². The van der Waals surface area contributed by atoms with Gasteiger partial charge in [-0.15, -0.1) is 0 Å². The second kappa shape index (κ2) is 6.51. The van der Waals surface area contributed by atoms with Crippen molar-refractivity contribution in [3.05, 3.63) is 27.6 Å². The van der Waals surface area contributed by atoms with Crippen LogP contribution in [-0.2, 0) is 14.3 Å². The van der Waals surface area contributed by atoms with Crippen molar-refractivity contribution in [1.29, 1.82) is 0 Å². The van der Waals surface area contributed by atoms with Gasteiger partial charge in [0.15, 0.2) is 0 Å². The largest absolute Gasteiger partial charge is 0.464 e. The molecule has 0 bridgehead atoms. The number of halogens is 1. The first-order valence-corrected chi connectivity index (χ1v) is 7.60. The summed E-state index contributed by atoms with van der Waals surface area (Å²) in [6.07, 6.45) is 5.26. The molecular formula is C14H17IN2O3. The number of amides is 1. The first-order valence-electron chi connectivity index (χ1n) is 6.52. The van der Waals surface area contributed by atoms with E-state index in [0.29, 0.717) is 0 Å². The maximum atomic E-state index is 12.0. The molecule has 2 heterocycles. The van der Waals surface area contributed by atoms with E-state index in [1.807, 2.05) is 17.2 Å². The summed E-state index contributed by atoms with van der Waals surface area (Å²) in [5.74, 6) is -0.308. The van der Waals surface area contributed by atoms with Crippen LogP contribution < -0.4 is 0 Å². The van der Waals surface area contributed by atoms with Crippen LogP contribution in [0, 0.1) is 3.57 Å². The molecule has 6 heteroatoms. The second-order valence-electron chi connectivity index (χ2n) is 4.87. The Bertz CT molecular complexity index is 521. The van der Waals surface area contributed by atoms with E-state index >= 15 is 0 Å². The summed E-state index contributed by atoms with van der Waals surface area (Å²) in [5.41, 5.74) is 1.06. The summed E-state index contributed by atoms with van der Waals surface area (Å²) < 4.78 is 6.17. The Morgan fingerprint density at radius 3 is 2.80 bits per heavy atom. The summed E-state index contributed by atoms with van der Waals surface area (Å²) in [6, 6.07) is 1.92. The Kier molecular flexibility index (Phi) is 4.95. The van der Waals surface area contributed by atoms with Gasteiger partial charge >= 0.3 is 5.97 Å². The summed E-state index contributed by atoms with van der Waals surface area (Å²) in [6.45, 7) is 3.21. The Morgan fingerprint density at radius 2 is 2.20 bits per heavy atom. The van der Waals surface area contributed by atoms with Crippen LogP contribution in [0.3, 0.4) is 0 Å². The molecule has 1 fully saturated rings. The van der Waals surface area contributed by atoms with E-state index in [9.17, 15) is 9.59 Å². The highest BCUT2D eigenvalue weighted by molar-refractivity contribution is 14.1. The molecule has 20 heavy (non-hydrogen) atoms. The SMILES string of the molecule is CC(=O)OC[C@@H]1CC[C@H](c2cnccc2I)N1C(C)=O. The fourth-order valence-corrected chi connectivity index (χ4v) is 3.34. The molecule has 5 nitrogen and oxygen atoms in total. The van der Waals surface area contributed by atoms with Gasteiger partial charge in [-0.25, -0.2) is 0 Å². The Labute approximate surface area is 131 Å². The molecule has 2 rings (SSSR count). The fourth-order valence-electron chi connectivity index (χ4n) is 2.68. The van der Waals surface area contributed by atoms with Gasteiger partial charge in [-0.05, 0) is 41.5 Å². The van der Waals surface area contributed by atoms with Crippen LogP contribution in [0.1, 0.15) is 38.3 Å². The third-order valence-electron chi connectivity index (χ3n) is 3.50. The standard InChI is InChI=1S/C14H17IN2O3/c1-9(18)17-11(8-20-10(2)19)3-4-14(17)12-7-16-6-5-13(12)15/h5-7,11,14H,3-4,8H2,1-2H3/t11-,14+/m0/s1. The molecule has 0 N–H and O–H groups in total. The first kappa shape index (κ1) is 15.2. The van der Waals surface area contributed by atoms with Crippen molar-refractivity contribution in [2.75, 3.05) is 6.61 Å². The average molecular weight is 388 g/mol. The topological polar surface area (TPSA) is 59.5 Å². The second-order valence-corrected chi connectivity index (χ2v) is 6.04. The molecule has 1 aromatic rings. The van der Waals surface area contributed by atoms with Gasteiger partial charge in [0, 0.05) is 35.4 Å². The maximum Gasteiger partial charge on any atom is 0.302 e. The van der Waals surface area contributed by atoms with Gasteiger partial charge < -0.3 is 9.64 Å². The monoisotopic (exact) mass is 388 g/mol. The lowest BCUT2D eigenvalue weighted by atomic mass is 10.1. The molecule has 108 valence electrons. The van der Waals surface area contributed by atoms with E-state index < -0.39 is 0 Å². The van der Waals surface area contributed by atoms with Gasteiger partial charge in [0.2, 0.25) is 5.91 Å². The molecule has 0 aromatic carbocycles. The maximum absolute atomic E-state index is 12.0. The van der Waals surface area contributed by atoms with Crippen molar-refractivity contribution < 1.29 is 14.3 Å². The van der Waals surface area contributed by atoms with Gasteiger partial charge in [-0.3, -0.25) is 14.6 Å². The number of rotatable bonds is 3. The molecule has 0 unspecified atom stereocenters. The molecule has 0 radical (unpaired) electrons. The van der Waals surface area contributed by atoms with Crippen LogP contribution in [0.4, 0.5) is 0 Å². The minimum absolute atomic E-state index is 0.00399. The zero-order valence-corrected chi connectivity index (χ0v) is 13.7. The molecular weight excluding hydrogens is 371 g/mol. The van der Waals surface area contributed by atoms with Crippen molar-refractivity contribution in [1.82, 2.24) is 9.88 Å². The van der Waals surface area contributed by atoms with E-state index in [1.54, 1.807) is 13.1 Å². The summed E-state index contributed by atoms with van der Waals surface area (Å²) in [5, 5.41) is 0. The quantitative estimate of drug-likeness (QED) is 0.589. The molecule has 1 aliphatic heterocycles. The first-order chi connectivity index (χ1) is 9.50. The summed E-state index contributed by atoms with van der Waals surface area (Å²) in [7, 11) is 0. The molecule has 0 spiro atoms. The molecule has 1 aromatic heterocycles.